The van der Waals surface area contributed by atoms with E-state index in [1.807, 2.05) is 50.2 Å². The van der Waals surface area contributed by atoms with Gasteiger partial charge in [-0.25, -0.2) is 0 Å². The summed E-state index contributed by atoms with van der Waals surface area (Å²) in [6.45, 7) is 10.2. The molecular formula is C24H32N2O2. The van der Waals surface area contributed by atoms with Crippen molar-refractivity contribution >= 4 is 5.91 Å². The maximum Gasteiger partial charge on any atom is 0.251 e. The SMILES string of the molecule is CC(C)Oc1ccc(CNC(=O)c2ccc(CN3CCC[C@H](C)C3)cc2)cc1. The number of nitrogens with one attached hydrogen (secondary N) is 1. The molecule has 1 saturated heterocycles. The van der Waals surface area contributed by atoms with Crippen LogP contribution in [0.25, 0.3) is 0 Å². The van der Waals surface area contributed by atoms with E-state index in [1.54, 1.807) is 0 Å². The van der Waals surface area contributed by atoms with Crippen molar-refractivity contribution in [2.45, 2.75) is 52.8 Å². The molecule has 4 heteroatoms. The zero-order valence-electron chi connectivity index (χ0n) is 17.3. The highest BCUT2D eigenvalue weighted by atomic mass is 16.5. The molecule has 1 fully saturated rings. The second-order valence-corrected chi connectivity index (χ2v) is 8.17. The number of rotatable bonds is 7. The Morgan fingerprint density at radius 2 is 1.79 bits per heavy atom. The van der Waals surface area contributed by atoms with Gasteiger partial charge in [0.15, 0.2) is 0 Å². The number of ether oxygens (including phenoxy) is 1. The van der Waals surface area contributed by atoms with Crippen molar-refractivity contribution in [2.24, 2.45) is 5.92 Å². The first-order chi connectivity index (χ1) is 13.5. The van der Waals surface area contributed by atoms with E-state index in [0.717, 1.165) is 23.8 Å². The summed E-state index contributed by atoms with van der Waals surface area (Å²) in [7, 11) is 0. The molecule has 0 spiro atoms. The van der Waals surface area contributed by atoms with E-state index in [1.165, 1.54) is 31.5 Å². The number of carbonyl (C=O) groups excluding carboxylic acids is 1. The van der Waals surface area contributed by atoms with Crippen LogP contribution in [0.1, 0.15) is 55.1 Å². The van der Waals surface area contributed by atoms with Crippen LogP contribution in [0.5, 0.6) is 5.75 Å². The quantitative estimate of drug-likeness (QED) is 0.761. The Hall–Kier alpha value is -2.33. The average molecular weight is 381 g/mol. The van der Waals surface area contributed by atoms with Crippen LogP contribution in [0.15, 0.2) is 48.5 Å². The molecule has 1 aliphatic rings. The molecule has 4 nitrogen and oxygen atoms in total. The van der Waals surface area contributed by atoms with Crippen molar-refractivity contribution in [1.82, 2.24) is 10.2 Å². The normalized spacial score (nSPS) is 17.5. The standard InChI is InChI=1S/C24H32N2O2/c1-18(2)28-23-12-8-20(9-13-23)15-25-24(27)22-10-6-21(7-11-22)17-26-14-4-5-19(3)16-26/h6-13,18-19H,4-5,14-17H2,1-3H3,(H,25,27)/t19-/m0/s1. The number of benzene rings is 2. The Morgan fingerprint density at radius 1 is 1.11 bits per heavy atom. The van der Waals surface area contributed by atoms with Crippen LogP contribution in [0.2, 0.25) is 0 Å². The van der Waals surface area contributed by atoms with Gasteiger partial charge in [0.1, 0.15) is 5.75 Å². The predicted octanol–water partition coefficient (Wildman–Crippen LogP) is 4.64. The lowest BCUT2D eigenvalue weighted by molar-refractivity contribution is 0.0951. The third-order valence-electron chi connectivity index (χ3n) is 5.11. The molecule has 0 unspecified atom stereocenters. The van der Waals surface area contributed by atoms with Crippen LogP contribution < -0.4 is 10.1 Å². The molecular weight excluding hydrogens is 348 g/mol. The minimum atomic E-state index is -0.0411. The fourth-order valence-corrected chi connectivity index (χ4v) is 3.69. The number of piperidine rings is 1. The lowest BCUT2D eigenvalue weighted by Crippen LogP contribution is -2.33. The first-order valence-corrected chi connectivity index (χ1v) is 10.3. The predicted molar refractivity (Wildman–Crippen MR) is 113 cm³/mol. The van der Waals surface area contributed by atoms with Crippen LogP contribution in [-0.2, 0) is 13.1 Å². The van der Waals surface area contributed by atoms with E-state index in [4.69, 9.17) is 4.74 Å². The summed E-state index contributed by atoms with van der Waals surface area (Å²) < 4.78 is 5.64. The Kier molecular flexibility index (Phi) is 7.10. The number of nitrogens with zero attached hydrogens (tertiary/aromatic N) is 1. The van der Waals surface area contributed by atoms with Gasteiger partial charge in [-0.2, -0.15) is 0 Å². The number of likely N-dealkylation sites (tertiary alicyclic amines) is 1. The molecule has 2 aromatic rings. The molecule has 3 rings (SSSR count). The van der Waals surface area contributed by atoms with Crippen molar-refractivity contribution in [2.75, 3.05) is 13.1 Å². The zero-order chi connectivity index (χ0) is 19.9. The molecule has 1 atom stereocenters. The lowest BCUT2D eigenvalue weighted by Gasteiger charge is -2.30. The highest BCUT2D eigenvalue weighted by Gasteiger charge is 2.16. The Morgan fingerprint density at radius 3 is 2.43 bits per heavy atom. The summed E-state index contributed by atoms with van der Waals surface area (Å²) in [6.07, 6.45) is 2.78. The van der Waals surface area contributed by atoms with Gasteiger partial charge in [-0.15, -0.1) is 0 Å². The topological polar surface area (TPSA) is 41.6 Å². The van der Waals surface area contributed by atoms with Crippen LogP contribution in [0.4, 0.5) is 0 Å². The number of hydrogen-bond acceptors (Lipinski definition) is 3. The fraction of sp³-hybridized carbons (Fsp3) is 0.458. The van der Waals surface area contributed by atoms with E-state index in [9.17, 15) is 4.79 Å². The summed E-state index contributed by atoms with van der Waals surface area (Å²) >= 11 is 0. The maximum atomic E-state index is 12.4. The monoisotopic (exact) mass is 380 g/mol. The third kappa shape index (κ3) is 6.10. The molecule has 0 aliphatic carbocycles. The lowest BCUT2D eigenvalue weighted by atomic mass is 9.99. The van der Waals surface area contributed by atoms with Gasteiger partial charge in [0.05, 0.1) is 6.10 Å². The molecule has 1 amide bonds. The zero-order valence-corrected chi connectivity index (χ0v) is 17.3. The van der Waals surface area contributed by atoms with Gasteiger partial charge in [-0.3, -0.25) is 9.69 Å². The highest BCUT2D eigenvalue weighted by Crippen LogP contribution is 2.18. The summed E-state index contributed by atoms with van der Waals surface area (Å²) in [5, 5.41) is 2.99. The smallest absolute Gasteiger partial charge is 0.251 e. The Bertz CT molecular complexity index is 753. The van der Waals surface area contributed by atoms with Gasteiger partial charge in [0.2, 0.25) is 0 Å². The van der Waals surface area contributed by atoms with Gasteiger partial charge in [0, 0.05) is 25.2 Å². The summed E-state index contributed by atoms with van der Waals surface area (Å²) in [5.41, 5.74) is 3.03. The first kappa shape index (κ1) is 20.4. The first-order valence-electron chi connectivity index (χ1n) is 10.3. The minimum absolute atomic E-state index is 0.0411. The summed E-state index contributed by atoms with van der Waals surface area (Å²) in [4.78, 5) is 14.9. The Labute approximate surface area is 168 Å². The average Bonchev–Trinajstić information content (AvgIpc) is 2.67. The van der Waals surface area contributed by atoms with E-state index in [0.29, 0.717) is 12.1 Å². The van der Waals surface area contributed by atoms with Crippen LogP contribution >= 0.6 is 0 Å². The van der Waals surface area contributed by atoms with Gasteiger partial charge in [-0.1, -0.05) is 31.2 Å². The van der Waals surface area contributed by atoms with E-state index in [2.05, 4.69) is 29.3 Å². The van der Waals surface area contributed by atoms with Crippen LogP contribution in [-0.4, -0.2) is 30.0 Å². The number of amides is 1. The van der Waals surface area contributed by atoms with Gasteiger partial charge >= 0.3 is 0 Å². The van der Waals surface area contributed by atoms with Crippen molar-refractivity contribution in [3.63, 3.8) is 0 Å². The molecule has 0 saturated carbocycles. The summed E-state index contributed by atoms with van der Waals surface area (Å²) in [6, 6.07) is 15.9. The van der Waals surface area contributed by atoms with Gasteiger partial charge < -0.3 is 10.1 Å². The molecule has 0 radical (unpaired) electrons. The molecule has 1 heterocycles. The minimum Gasteiger partial charge on any atom is -0.491 e. The largest absolute Gasteiger partial charge is 0.491 e. The van der Waals surface area contributed by atoms with E-state index in [-0.39, 0.29) is 12.0 Å². The highest BCUT2D eigenvalue weighted by molar-refractivity contribution is 5.94. The number of hydrogen-bond donors (Lipinski definition) is 1. The second kappa shape index (κ2) is 9.74. The number of carbonyl (C=O) groups is 1. The van der Waals surface area contributed by atoms with Crippen molar-refractivity contribution < 1.29 is 9.53 Å². The molecule has 1 aliphatic heterocycles. The van der Waals surface area contributed by atoms with Crippen LogP contribution in [0.3, 0.4) is 0 Å². The Balaban J connectivity index is 1.49. The van der Waals surface area contributed by atoms with Crippen molar-refractivity contribution in [3.05, 3.63) is 65.2 Å². The fourth-order valence-electron chi connectivity index (χ4n) is 3.69. The molecule has 0 aromatic heterocycles. The van der Waals surface area contributed by atoms with E-state index >= 15 is 0 Å². The molecule has 150 valence electrons. The molecule has 2 aromatic carbocycles. The van der Waals surface area contributed by atoms with Gasteiger partial charge in [-0.05, 0) is 74.5 Å². The summed E-state index contributed by atoms with van der Waals surface area (Å²) in [5.74, 6) is 1.59. The van der Waals surface area contributed by atoms with Gasteiger partial charge in [0.25, 0.3) is 5.91 Å². The van der Waals surface area contributed by atoms with Crippen LogP contribution in [0, 0.1) is 5.92 Å². The molecule has 0 bridgehead atoms. The van der Waals surface area contributed by atoms with E-state index < -0.39 is 0 Å². The maximum absolute atomic E-state index is 12.4. The molecule has 28 heavy (non-hydrogen) atoms. The molecule has 1 N–H and O–H groups in total. The second-order valence-electron chi connectivity index (χ2n) is 8.17. The third-order valence-corrected chi connectivity index (χ3v) is 5.11. The van der Waals surface area contributed by atoms with Crippen molar-refractivity contribution in [3.8, 4) is 5.75 Å². The van der Waals surface area contributed by atoms with Crippen molar-refractivity contribution in [1.29, 1.82) is 0 Å².